The first-order valence-corrected chi connectivity index (χ1v) is 6.93. The van der Waals surface area contributed by atoms with Crippen molar-refractivity contribution in [3.05, 3.63) is 45.5 Å². The summed E-state index contributed by atoms with van der Waals surface area (Å²) >= 11 is 18.4. The van der Waals surface area contributed by atoms with Crippen molar-refractivity contribution in [3.8, 4) is 0 Å². The number of aromatic nitrogens is 1. The number of rotatable bonds is 2. The summed E-state index contributed by atoms with van der Waals surface area (Å²) in [5, 5.41) is 4.22. The van der Waals surface area contributed by atoms with Crippen molar-refractivity contribution in [3.63, 3.8) is 0 Å². The minimum atomic E-state index is 0.418. The Morgan fingerprint density at radius 3 is 2.74 bits per heavy atom. The minimum Gasteiger partial charge on any atom is -0.294 e. The van der Waals surface area contributed by atoms with Crippen LogP contribution in [0.25, 0.3) is 10.9 Å². The number of hydrogen-bond acceptors (Lipinski definition) is 3. The van der Waals surface area contributed by atoms with Crippen LogP contribution >= 0.6 is 34.8 Å². The maximum Gasteiger partial charge on any atom is 0.146 e. The van der Waals surface area contributed by atoms with Crippen LogP contribution in [0.15, 0.2) is 30.5 Å². The molecular formula is C13H10Cl3N3. The lowest BCUT2D eigenvalue weighted by Crippen LogP contribution is -2.22. The van der Waals surface area contributed by atoms with Gasteiger partial charge in [0.2, 0.25) is 0 Å². The monoisotopic (exact) mass is 313 g/mol. The third-order valence-electron chi connectivity index (χ3n) is 2.90. The molecule has 6 heteroatoms. The number of nitrogens with one attached hydrogen (secondary N) is 1. The van der Waals surface area contributed by atoms with E-state index in [1.165, 1.54) is 0 Å². The van der Waals surface area contributed by atoms with Crippen LogP contribution in [-0.4, -0.2) is 16.5 Å². The van der Waals surface area contributed by atoms with Gasteiger partial charge in [0.05, 0.1) is 20.6 Å². The van der Waals surface area contributed by atoms with Crippen LogP contribution in [0.2, 0.25) is 15.1 Å². The number of fused-ring (bicyclic) bond motifs is 1. The van der Waals surface area contributed by atoms with E-state index in [0.29, 0.717) is 26.4 Å². The molecule has 2 aromatic rings. The van der Waals surface area contributed by atoms with Crippen molar-refractivity contribution in [2.45, 2.75) is 6.42 Å². The molecule has 3 rings (SSSR count). The summed E-state index contributed by atoms with van der Waals surface area (Å²) in [5.41, 5.74) is 3.77. The van der Waals surface area contributed by atoms with Gasteiger partial charge in [-0.15, -0.1) is 0 Å². The molecule has 0 saturated heterocycles. The van der Waals surface area contributed by atoms with Crippen LogP contribution in [0.4, 0.5) is 5.82 Å². The zero-order valence-electron chi connectivity index (χ0n) is 9.83. The van der Waals surface area contributed by atoms with Gasteiger partial charge in [-0.3, -0.25) is 10.4 Å². The first kappa shape index (κ1) is 12.9. The van der Waals surface area contributed by atoms with Gasteiger partial charge in [-0.05, 0) is 18.6 Å². The Labute approximate surface area is 125 Å². The van der Waals surface area contributed by atoms with Gasteiger partial charge >= 0.3 is 0 Å². The standard InChI is InChI=1S/C13H10Cl3N3/c14-9-4-3-8-10(15)7-11(17-13(8)12(9)16)18-19-5-1-2-6-19/h1,3-5,7H,2,6H2,(H,17,18). The molecule has 3 nitrogen and oxygen atoms in total. The van der Waals surface area contributed by atoms with E-state index in [-0.39, 0.29) is 0 Å². The molecule has 1 N–H and O–H groups in total. The van der Waals surface area contributed by atoms with Gasteiger partial charge in [-0.25, -0.2) is 4.98 Å². The molecule has 0 unspecified atom stereocenters. The molecule has 98 valence electrons. The number of hydrazine groups is 1. The van der Waals surface area contributed by atoms with Crippen molar-refractivity contribution in [1.29, 1.82) is 0 Å². The van der Waals surface area contributed by atoms with Crippen molar-refractivity contribution < 1.29 is 0 Å². The predicted octanol–water partition coefficient (Wildman–Crippen LogP) is 4.74. The molecule has 1 aliphatic heterocycles. The predicted molar refractivity (Wildman–Crippen MR) is 80.9 cm³/mol. The second-order valence-corrected chi connectivity index (χ2v) is 5.42. The summed E-state index contributed by atoms with van der Waals surface area (Å²) < 4.78 is 0. The number of benzene rings is 1. The third-order valence-corrected chi connectivity index (χ3v) is 4.01. The SMILES string of the molecule is Clc1ccc2c(Cl)cc(NN3C=CCC3)nc2c1Cl. The topological polar surface area (TPSA) is 28.2 Å². The molecule has 0 saturated carbocycles. The Morgan fingerprint density at radius 1 is 1.16 bits per heavy atom. The molecule has 2 heterocycles. The highest BCUT2D eigenvalue weighted by Gasteiger charge is 2.12. The smallest absolute Gasteiger partial charge is 0.146 e. The molecule has 0 spiro atoms. The number of hydrogen-bond donors (Lipinski definition) is 1. The summed E-state index contributed by atoms with van der Waals surface area (Å²) in [4.78, 5) is 4.47. The van der Waals surface area contributed by atoms with Gasteiger partial charge in [-0.1, -0.05) is 40.9 Å². The van der Waals surface area contributed by atoms with Gasteiger partial charge in [0.15, 0.2) is 0 Å². The number of halogens is 3. The van der Waals surface area contributed by atoms with E-state index in [9.17, 15) is 0 Å². The van der Waals surface area contributed by atoms with Crippen LogP contribution in [0, 0.1) is 0 Å². The lowest BCUT2D eigenvalue weighted by molar-refractivity contribution is 0.484. The second kappa shape index (κ2) is 5.08. The van der Waals surface area contributed by atoms with Crippen LogP contribution in [0.5, 0.6) is 0 Å². The first-order chi connectivity index (χ1) is 9.15. The van der Waals surface area contributed by atoms with Crippen LogP contribution < -0.4 is 5.43 Å². The average Bonchev–Trinajstić information content (AvgIpc) is 2.87. The highest BCUT2D eigenvalue weighted by atomic mass is 35.5. The fraction of sp³-hybridized carbons (Fsp3) is 0.154. The molecular weight excluding hydrogens is 305 g/mol. The van der Waals surface area contributed by atoms with E-state index < -0.39 is 0 Å². The van der Waals surface area contributed by atoms with Gasteiger partial charge < -0.3 is 0 Å². The fourth-order valence-electron chi connectivity index (χ4n) is 1.98. The Balaban J connectivity index is 2.06. The van der Waals surface area contributed by atoms with Gasteiger partial charge in [0, 0.05) is 24.2 Å². The Morgan fingerprint density at radius 2 is 2.00 bits per heavy atom. The molecule has 0 atom stereocenters. The summed E-state index contributed by atoms with van der Waals surface area (Å²) in [6, 6.07) is 5.31. The minimum absolute atomic E-state index is 0.418. The molecule has 1 aromatic carbocycles. The van der Waals surface area contributed by atoms with E-state index in [1.54, 1.807) is 12.1 Å². The molecule has 0 fully saturated rings. The molecule has 19 heavy (non-hydrogen) atoms. The van der Waals surface area contributed by atoms with Crippen molar-refractivity contribution in [2.75, 3.05) is 12.0 Å². The molecule has 0 bridgehead atoms. The van der Waals surface area contributed by atoms with E-state index >= 15 is 0 Å². The molecule has 1 aromatic heterocycles. The first-order valence-electron chi connectivity index (χ1n) is 5.79. The van der Waals surface area contributed by atoms with Crippen LogP contribution in [0.1, 0.15) is 6.42 Å². The second-order valence-electron chi connectivity index (χ2n) is 4.23. The fourth-order valence-corrected chi connectivity index (χ4v) is 2.60. The van der Waals surface area contributed by atoms with E-state index in [2.05, 4.69) is 16.5 Å². The van der Waals surface area contributed by atoms with E-state index in [1.807, 2.05) is 17.3 Å². The Bertz CT molecular complexity index is 670. The zero-order chi connectivity index (χ0) is 13.4. The zero-order valence-corrected chi connectivity index (χ0v) is 12.1. The maximum atomic E-state index is 6.25. The van der Waals surface area contributed by atoms with Gasteiger partial charge in [-0.2, -0.15) is 0 Å². The highest BCUT2D eigenvalue weighted by molar-refractivity contribution is 6.46. The lowest BCUT2D eigenvalue weighted by Gasteiger charge is -2.18. The molecule has 0 aliphatic carbocycles. The number of nitrogens with zero attached hydrogens (tertiary/aromatic N) is 2. The van der Waals surface area contributed by atoms with Gasteiger partial charge in [0.1, 0.15) is 5.82 Å². The quantitative estimate of drug-likeness (QED) is 0.867. The van der Waals surface area contributed by atoms with Crippen molar-refractivity contribution >= 4 is 51.5 Å². The molecule has 0 radical (unpaired) electrons. The van der Waals surface area contributed by atoms with Crippen LogP contribution in [-0.2, 0) is 0 Å². The van der Waals surface area contributed by atoms with Crippen molar-refractivity contribution in [1.82, 2.24) is 9.99 Å². The third kappa shape index (κ3) is 2.46. The summed E-state index contributed by atoms with van der Waals surface area (Å²) in [7, 11) is 0. The van der Waals surface area contributed by atoms with Crippen LogP contribution in [0.3, 0.4) is 0 Å². The molecule has 1 aliphatic rings. The lowest BCUT2D eigenvalue weighted by atomic mass is 10.2. The summed E-state index contributed by atoms with van der Waals surface area (Å²) in [6.07, 6.45) is 5.07. The van der Waals surface area contributed by atoms with Crippen molar-refractivity contribution in [2.24, 2.45) is 0 Å². The number of pyridine rings is 1. The normalized spacial score (nSPS) is 14.4. The van der Waals surface area contributed by atoms with E-state index in [0.717, 1.165) is 18.4 Å². The molecule has 0 amide bonds. The maximum absolute atomic E-state index is 6.25. The Hall–Kier alpha value is -1.16. The summed E-state index contributed by atoms with van der Waals surface area (Å²) in [5.74, 6) is 0.646. The Kier molecular flexibility index (Phi) is 3.44. The van der Waals surface area contributed by atoms with Gasteiger partial charge in [0.25, 0.3) is 0 Å². The average molecular weight is 315 g/mol. The summed E-state index contributed by atoms with van der Waals surface area (Å²) in [6.45, 7) is 0.903. The number of anilines is 1. The largest absolute Gasteiger partial charge is 0.294 e. The highest BCUT2D eigenvalue weighted by Crippen LogP contribution is 2.34. The van der Waals surface area contributed by atoms with E-state index in [4.69, 9.17) is 34.8 Å².